The molecule has 2 heterocycles. The number of anilines is 2. The topological polar surface area (TPSA) is 54.0 Å². The van der Waals surface area contributed by atoms with Gasteiger partial charge in [-0.2, -0.15) is 11.3 Å². The highest BCUT2D eigenvalue weighted by molar-refractivity contribution is 7.08. The molecule has 2 N–H and O–H groups in total. The van der Waals surface area contributed by atoms with Gasteiger partial charge in [0.1, 0.15) is 5.69 Å². The highest BCUT2D eigenvalue weighted by Crippen LogP contribution is 2.14. The van der Waals surface area contributed by atoms with E-state index in [2.05, 4.69) is 15.6 Å². The van der Waals surface area contributed by atoms with E-state index in [4.69, 9.17) is 0 Å². The number of amides is 1. The maximum Gasteiger partial charge on any atom is 0.274 e. The van der Waals surface area contributed by atoms with Crippen LogP contribution in [0.5, 0.6) is 0 Å². The molecule has 0 saturated carbocycles. The van der Waals surface area contributed by atoms with Gasteiger partial charge in [-0.05, 0) is 30.5 Å². The van der Waals surface area contributed by atoms with Gasteiger partial charge in [0.05, 0.1) is 5.69 Å². The van der Waals surface area contributed by atoms with Crippen LogP contribution in [0.1, 0.15) is 17.4 Å². The zero-order valence-electron chi connectivity index (χ0n) is 9.43. The average Bonchev–Trinajstić information content (AvgIpc) is 2.83. The van der Waals surface area contributed by atoms with Crippen molar-refractivity contribution < 1.29 is 4.79 Å². The molecule has 2 aromatic heterocycles. The van der Waals surface area contributed by atoms with E-state index in [0.29, 0.717) is 5.69 Å². The van der Waals surface area contributed by atoms with Gasteiger partial charge in [-0.15, -0.1) is 0 Å². The molecule has 4 nitrogen and oxygen atoms in total. The molecule has 0 saturated heterocycles. The number of nitrogens with zero attached hydrogens (tertiary/aromatic N) is 1. The molecule has 0 aliphatic carbocycles. The highest BCUT2D eigenvalue weighted by Gasteiger charge is 2.08. The standard InChI is InChI=1S/C12H13N3OS/c1-2-13-9-3-5-14-11(7-9)12(16)15-10-4-6-17-8-10/h3-8H,2H2,1H3,(H,13,14)(H,15,16). The molecule has 2 rings (SSSR count). The Bertz CT molecular complexity index is 496. The fourth-order valence-corrected chi connectivity index (χ4v) is 1.99. The van der Waals surface area contributed by atoms with Gasteiger partial charge in [-0.3, -0.25) is 9.78 Å². The van der Waals surface area contributed by atoms with E-state index in [0.717, 1.165) is 17.9 Å². The van der Waals surface area contributed by atoms with Gasteiger partial charge in [0.25, 0.3) is 5.91 Å². The summed E-state index contributed by atoms with van der Waals surface area (Å²) in [6.07, 6.45) is 1.63. The van der Waals surface area contributed by atoms with E-state index in [1.54, 1.807) is 23.6 Å². The Morgan fingerprint density at radius 2 is 2.29 bits per heavy atom. The Hall–Kier alpha value is -1.88. The molecule has 0 fully saturated rings. The molecule has 0 spiro atoms. The van der Waals surface area contributed by atoms with E-state index >= 15 is 0 Å². The van der Waals surface area contributed by atoms with Gasteiger partial charge in [0.2, 0.25) is 0 Å². The summed E-state index contributed by atoms with van der Waals surface area (Å²) in [4.78, 5) is 15.9. The summed E-state index contributed by atoms with van der Waals surface area (Å²) in [6, 6.07) is 5.44. The third-order valence-corrected chi connectivity index (χ3v) is 2.84. The lowest BCUT2D eigenvalue weighted by atomic mass is 10.3. The van der Waals surface area contributed by atoms with Gasteiger partial charge in [-0.25, -0.2) is 0 Å². The van der Waals surface area contributed by atoms with Crippen LogP contribution in [-0.2, 0) is 0 Å². The molecule has 1 amide bonds. The lowest BCUT2D eigenvalue weighted by Crippen LogP contribution is -2.13. The van der Waals surface area contributed by atoms with Crippen molar-refractivity contribution in [2.45, 2.75) is 6.92 Å². The van der Waals surface area contributed by atoms with Gasteiger partial charge in [0, 0.05) is 23.8 Å². The smallest absolute Gasteiger partial charge is 0.274 e. The monoisotopic (exact) mass is 247 g/mol. The second kappa shape index (κ2) is 5.45. The summed E-state index contributed by atoms with van der Waals surface area (Å²) >= 11 is 1.54. The Labute approximate surface area is 104 Å². The molecule has 5 heteroatoms. The quantitative estimate of drug-likeness (QED) is 0.873. The van der Waals surface area contributed by atoms with E-state index < -0.39 is 0 Å². The van der Waals surface area contributed by atoms with Crippen molar-refractivity contribution in [2.75, 3.05) is 17.2 Å². The molecular weight excluding hydrogens is 234 g/mol. The third kappa shape index (κ3) is 3.04. The molecule has 0 aliphatic rings. The van der Waals surface area contributed by atoms with Crippen molar-refractivity contribution in [3.05, 3.63) is 40.8 Å². The van der Waals surface area contributed by atoms with Crippen LogP contribution < -0.4 is 10.6 Å². The second-order valence-corrected chi connectivity index (χ2v) is 4.21. The van der Waals surface area contributed by atoms with E-state index in [1.807, 2.05) is 29.8 Å². The number of nitrogens with one attached hydrogen (secondary N) is 2. The van der Waals surface area contributed by atoms with Gasteiger partial charge in [0.15, 0.2) is 0 Å². The molecule has 0 bridgehead atoms. The first kappa shape index (κ1) is 11.6. The van der Waals surface area contributed by atoms with Crippen LogP contribution in [0, 0.1) is 0 Å². The molecule has 2 aromatic rings. The zero-order valence-corrected chi connectivity index (χ0v) is 10.3. The minimum absolute atomic E-state index is 0.192. The number of carbonyl (C=O) groups excluding carboxylic acids is 1. The highest BCUT2D eigenvalue weighted by atomic mass is 32.1. The third-order valence-electron chi connectivity index (χ3n) is 2.15. The number of thiophene rings is 1. The first-order chi connectivity index (χ1) is 8.29. The van der Waals surface area contributed by atoms with Crippen molar-refractivity contribution >= 4 is 28.6 Å². The molecule has 0 aliphatic heterocycles. The normalized spacial score (nSPS) is 9.94. The minimum Gasteiger partial charge on any atom is -0.385 e. The van der Waals surface area contributed by atoms with E-state index in [9.17, 15) is 4.79 Å². The van der Waals surface area contributed by atoms with Crippen molar-refractivity contribution in [1.29, 1.82) is 0 Å². The van der Waals surface area contributed by atoms with Gasteiger partial charge >= 0.3 is 0 Å². The molecule has 17 heavy (non-hydrogen) atoms. The molecule has 0 unspecified atom stereocenters. The van der Waals surface area contributed by atoms with Crippen molar-refractivity contribution in [3.8, 4) is 0 Å². The van der Waals surface area contributed by atoms with Crippen LogP contribution in [0.25, 0.3) is 0 Å². The van der Waals surface area contributed by atoms with Crippen LogP contribution in [-0.4, -0.2) is 17.4 Å². The van der Waals surface area contributed by atoms with Crippen LogP contribution in [0.4, 0.5) is 11.4 Å². The largest absolute Gasteiger partial charge is 0.385 e. The van der Waals surface area contributed by atoms with Gasteiger partial charge in [-0.1, -0.05) is 0 Å². The maximum atomic E-state index is 11.9. The molecular formula is C12H13N3OS. The summed E-state index contributed by atoms with van der Waals surface area (Å²) in [7, 11) is 0. The molecule has 0 aromatic carbocycles. The van der Waals surface area contributed by atoms with Crippen molar-refractivity contribution in [1.82, 2.24) is 4.98 Å². The minimum atomic E-state index is -0.192. The van der Waals surface area contributed by atoms with Crippen molar-refractivity contribution in [2.24, 2.45) is 0 Å². The van der Waals surface area contributed by atoms with Gasteiger partial charge < -0.3 is 10.6 Å². The van der Waals surface area contributed by atoms with Crippen LogP contribution in [0.3, 0.4) is 0 Å². The Balaban J connectivity index is 2.11. The van der Waals surface area contributed by atoms with Crippen LogP contribution >= 0.6 is 11.3 Å². The van der Waals surface area contributed by atoms with Crippen LogP contribution in [0.15, 0.2) is 35.2 Å². The zero-order chi connectivity index (χ0) is 12.1. The fourth-order valence-electron chi connectivity index (χ4n) is 1.40. The summed E-state index contributed by atoms with van der Waals surface area (Å²) in [5.74, 6) is -0.192. The maximum absolute atomic E-state index is 11.9. The van der Waals surface area contributed by atoms with E-state index in [-0.39, 0.29) is 5.91 Å². The van der Waals surface area contributed by atoms with Crippen LogP contribution in [0.2, 0.25) is 0 Å². The summed E-state index contributed by atoms with van der Waals surface area (Å²) in [6.45, 7) is 2.82. The second-order valence-electron chi connectivity index (χ2n) is 3.43. The number of hydrogen-bond acceptors (Lipinski definition) is 4. The SMILES string of the molecule is CCNc1ccnc(C(=O)Nc2ccsc2)c1. The Morgan fingerprint density at radius 3 is 3.00 bits per heavy atom. The lowest BCUT2D eigenvalue weighted by molar-refractivity contribution is 0.102. The lowest BCUT2D eigenvalue weighted by Gasteiger charge is -2.05. The predicted octanol–water partition coefficient (Wildman–Crippen LogP) is 2.83. The number of hydrogen-bond donors (Lipinski definition) is 2. The first-order valence-electron chi connectivity index (χ1n) is 5.33. The fraction of sp³-hybridized carbons (Fsp3) is 0.167. The summed E-state index contributed by atoms with van der Waals surface area (Å²) < 4.78 is 0. The van der Waals surface area contributed by atoms with Crippen molar-refractivity contribution in [3.63, 3.8) is 0 Å². The number of carbonyl (C=O) groups is 1. The average molecular weight is 247 g/mol. The Kier molecular flexibility index (Phi) is 3.72. The molecule has 0 atom stereocenters. The number of rotatable bonds is 4. The Morgan fingerprint density at radius 1 is 1.41 bits per heavy atom. The molecule has 88 valence electrons. The summed E-state index contributed by atoms with van der Waals surface area (Å²) in [5, 5.41) is 9.73. The molecule has 0 radical (unpaired) electrons. The first-order valence-corrected chi connectivity index (χ1v) is 6.27. The number of pyridine rings is 1. The van der Waals surface area contributed by atoms with E-state index in [1.165, 1.54) is 0 Å². The summed E-state index contributed by atoms with van der Waals surface area (Å²) in [5.41, 5.74) is 2.11. The predicted molar refractivity (Wildman–Crippen MR) is 70.7 cm³/mol. The number of aromatic nitrogens is 1.